The fourth-order valence-electron chi connectivity index (χ4n) is 9.33. The van der Waals surface area contributed by atoms with Crippen LogP contribution in [0.15, 0.2) is 91.1 Å². The summed E-state index contributed by atoms with van der Waals surface area (Å²) in [5.74, 6) is 0.728. The van der Waals surface area contributed by atoms with Crippen molar-refractivity contribution in [3.05, 3.63) is 108 Å². The molecule has 352 valence electrons. The summed E-state index contributed by atoms with van der Waals surface area (Å²) in [6.45, 7) is 15.5. The van der Waals surface area contributed by atoms with Crippen molar-refractivity contribution in [3.63, 3.8) is 0 Å². The second-order valence-corrected chi connectivity index (χ2v) is 21.3. The van der Waals surface area contributed by atoms with Crippen LogP contribution in [0, 0.1) is 10.8 Å². The Morgan fingerprint density at radius 1 is 0.831 bits per heavy atom. The zero-order valence-corrected chi connectivity index (χ0v) is 40.4. The number of thioether (sulfide) groups is 2. The largest absolute Gasteiger partial charge is 0.374 e. The summed E-state index contributed by atoms with van der Waals surface area (Å²) in [6.07, 6.45) is 10.8. The first kappa shape index (κ1) is 50.0. The Labute approximate surface area is 393 Å². The van der Waals surface area contributed by atoms with Crippen molar-refractivity contribution in [2.24, 2.45) is 10.8 Å². The van der Waals surface area contributed by atoms with Crippen LogP contribution in [0.3, 0.4) is 0 Å². The molecule has 0 aliphatic carbocycles. The molecular weight excluding hydrogens is 861 g/mol. The minimum Gasteiger partial charge on any atom is -0.374 e. The Bertz CT molecular complexity index is 2060. The van der Waals surface area contributed by atoms with Crippen LogP contribution in [0.4, 0.5) is 0 Å². The molecule has 0 aromatic heterocycles. The summed E-state index contributed by atoms with van der Waals surface area (Å²) in [7, 11) is 1.68. The van der Waals surface area contributed by atoms with Crippen LogP contribution in [0.25, 0.3) is 0 Å². The number of amides is 5. The van der Waals surface area contributed by atoms with Gasteiger partial charge < -0.3 is 40.5 Å². The van der Waals surface area contributed by atoms with E-state index in [4.69, 9.17) is 9.47 Å². The molecule has 2 aromatic rings. The molecule has 1 unspecified atom stereocenters. The van der Waals surface area contributed by atoms with Gasteiger partial charge in [0, 0.05) is 6.42 Å². The fourth-order valence-corrected chi connectivity index (χ4v) is 12.4. The lowest BCUT2D eigenvalue weighted by atomic mass is 9.83. The highest BCUT2D eigenvalue weighted by atomic mass is 32.2. The van der Waals surface area contributed by atoms with Gasteiger partial charge in [0.05, 0.1) is 55.8 Å². The van der Waals surface area contributed by atoms with E-state index in [2.05, 4.69) is 41.7 Å². The average Bonchev–Trinajstić information content (AvgIpc) is 3.57. The first-order chi connectivity index (χ1) is 31.1. The van der Waals surface area contributed by atoms with Crippen molar-refractivity contribution in [1.29, 1.82) is 0 Å². The minimum atomic E-state index is -0.731. The van der Waals surface area contributed by atoms with Crippen LogP contribution >= 0.6 is 23.5 Å². The number of rotatable bonds is 19. The third-order valence-corrected chi connectivity index (χ3v) is 15.2. The molecular formula is C50H68N6O7S2. The van der Waals surface area contributed by atoms with E-state index < -0.39 is 35.6 Å². The number of carbonyl (C=O) groups is 5. The summed E-state index contributed by atoms with van der Waals surface area (Å²) in [6, 6.07) is 14.6. The van der Waals surface area contributed by atoms with Gasteiger partial charge in [-0.05, 0) is 84.3 Å². The molecule has 13 nitrogen and oxygen atoms in total. The number of carbonyl (C=O) groups excluding carboxylic acids is 5. The van der Waals surface area contributed by atoms with Gasteiger partial charge in [0.15, 0.2) is 0 Å². The van der Waals surface area contributed by atoms with Crippen LogP contribution in [-0.4, -0.2) is 113 Å². The summed E-state index contributed by atoms with van der Waals surface area (Å²) < 4.78 is 12.5. The van der Waals surface area contributed by atoms with Gasteiger partial charge in [-0.15, -0.1) is 23.5 Å². The highest BCUT2D eigenvalue weighted by Crippen LogP contribution is 2.47. The van der Waals surface area contributed by atoms with E-state index in [0.717, 1.165) is 35.3 Å². The fraction of sp³-hybridized carbons (Fsp3) is 0.540. The summed E-state index contributed by atoms with van der Waals surface area (Å²) >= 11 is 3.43. The molecule has 15 heteroatoms. The van der Waals surface area contributed by atoms with Gasteiger partial charge in [-0.3, -0.25) is 24.0 Å². The summed E-state index contributed by atoms with van der Waals surface area (Å²) in [4.78, 5) is 71.7. The smallest absolute Gasteiger partial charge is 0.246 e. The van der Waals surface area contributed by atoms with Gasteiger partial charge in [0.2, 0.25) is 29.5 Å². The molecule has 7 atom stereocenters. The number of hydrogen-bond acceptors (Lipinski definition) is 10. The lowest BCUT2D eigenvalue weighted by Gasteiger charge is -2.35. The number of nitrogens with one attached hydrogen (secondary N) is 4. The number of likely N-dealkylation sites (N-methyl/N-ethyl adjacent to an activating group) is 1. The van der Waals surface area contributed by atoms with E-state index in [-0.39, 0.29) is 65.5 Å². The Hall–Kier alpha value is -4.41. The topological polar surface area (TPSA) is 158 Å². The lowest BCUT2D eigenvalue weighted by Crippen LogP contribution is -2.57. The number of nitrogens with zero attached hydrogens (tertiary/aromatic N) is 2. The molecule has 5 amide bonds. The van der Waals surface area contributed by atoms with Gasteiger partial charge in [-0.1, -0.05) is 113 Å². The Morgan fingerprint density at radius 2 is 1.43 bits per heavy atom. The van der Waals surface area contributed by atoms with Crippen molar-refractivity contribution in [1.82, 2.24) is 31.1 Å². The van der Waals surface area contributed by atoms with Gasteiger partial charge >= 0.3 is 0 Å². The lowest BCUT2D eigenvalue weighted by molar-refractivity contribution is -0.144. The standard InChI is InChI=1S/C50H68N6O7S2/c1-8-9-11-15-33(2)38(53-46(59)44-49(3,4)26-42-55(44)41(58)18-14-24-64-42)31-62-29-34-19-21-35(22-20-34)30-63-32-39(36-16-12-10-13-17-36)54-47(60)45-50(5,6)27-43-56(45)48(61)37(23-25-65-43)52-40(57)28-51-7/h8-13,15-17,19-22,37-39,42-45,51H,2,14,18,23-32H2,1,3-7H3,(H,52,57)(H,53,59)(H,54,60)/b9-8-,15-11-/t37-,38+,39+,42-,43-,44+,45?/m0/s1. The Balaban J connectivity index is 1.06. The molecule has 4 heterocycles. The zero-order valence-electron chi connectivity index (χ0n) is 38.8. The summed E-state index contributed by atoms with van der Waals surface area (Å²) in [5.41, 5.74) is 2.58. The molecule has 2 aromatic carbocycles. The highest BCUT2D eigenvalue weighted by molar-refractivity contribution is 8.00. The van der Waals surface area contributed by atoms with E-state index in [0.29, 0.717) is 43.8 Å². The molecule has 65 heavy (non-hydrogen) atoms. The van der Waals surface area contributed by atoms with E-state index in [1.54, 1.807) is 35.5 Å². The molecule has 4 fully saturated rings. The van der Waals surface area contributed by atoms with Crippen molar-refractivity contribution in [3.8, 4) is 0 Å². The number of hydrogen-bond donors (Lipinski definition) is 4. The van der Waals surface area contributed by atoms with Crippen LogP contribution < -0.4 is 21.3 Å². The first-order valence-corrected chi connectivity index (χ1v) is 24.9. The minimum absolute atomic E-state index is 0.00237. The first-order valence-electron chi connectivity index (χ1n) is 22.8. The molecule has 0 radical (unpaired) electrons. The molecule has 4 aliphatic rings. The predicted molar refractivity (Wildman–Crippen MR) is 258 cm³/mol. The monoisotopic (exact) mass is 928 g/mol. The highest BCUT2D eigenvalue weighted by Gasteiger charge is 2.55. The molecule has 0 spiro atoms. The van der Waals surface area contributed by atoms with E-state index in [1.165, 1.54) is 0 Å². The van der Waals surface area contributed by atoms with E-state index in [9.17, 15) is 24.0 Å². The van der Waals surface area contributed by atoms with Gasteiger partial charge in [-0.25, -0.2) is 0 Å². The SMILES string of the molecule is C=C(/C=C\C=C/C)[C@@H](COCc1ccc(COC[C@@H](NC(=O)C2N3C(=O)[C@@H](NC(=O)CNC)CCS[C@H]3CC2(C)C)c2ccccc2)cc1)NC(=O)[C@H]1N2C(=O)CCCS[C@H]2CC1(C)C. The average molecular weight is 929 g/mol. The van der Waals surface area contributed by atoms with Crippen LogP contribution in [0.2, 0.25) is 0 Å². The Kier molecular flexibility index (Phi) is 17.6. The second kappa shape index (κ2) is 22.9. The number of ether oxygens (including phenoxy) is 2. The van der Waals surface area contributed by atoms with Gasteiger partial charge in [-0.2, -0.15) is 0 Å². The van der Waals surface area contributed by atoms with Gasteiger partial charge in [0.1, 0.15) is 18.1 Å². The maximum atomic E-state index is 14.4. The maximum Gasteiger partial charge on any atom is 0.246 e. The zero-order chi connectivity index (χ0) is 46.7. The predicted octanol–water partition coefficient (Wildman–Crippen LogP) is 6.03. The molecule has 0 saturated carbocycles. The van der Waals surface area contributed by atoms with Crippen molar-refractivity contribution < 1.29 is 33.4 Å². The van der Waals surface area contributed by atoms with E-state index in [1.807, 2.05) is 105 Å². The van der Waals surface area contributed by atoms with Crippen molar-refractivity contribution in [2.75, 3.05) is 38.3 Å². The number of benzene rings is 2. The van der Waals surface area contributed by atoms with Crippen LogP contribution in [0.5, 0.6) is 0 Å². The third-order valence-electron chi connectivity index (χ3n) is 12.7. The number of allylic oxidation sites excluding steroid dienone is 3. The quantitative estimate of drug-likeness (QED) is 0.123. The molecule has 0 bridgehead atoms. The molecule has 4 aliphatic heterocycles. The van der Waals surface area contributed by atoms with Crippen molar-refractivity contribution >= 4 is 53.1 Å². The molecule has 4 saturated heterocycles. The maximum absolute atomic E-state index is 14.4. The van der Waals surface area contributed by atoms with E-state index >= 15 is 0 Å². The summed E-state index contributed by atoms with van der Waals surface area (Å²) in [5, 5.41) is 12.0. The van der Waals surface area contributed by atoms with Crippen molar-refractivity contribution in [2.45, 2.75) is 121 Å². The number of fused-ring (bicyclic) bond motifs is 2. The van der Waals surface area contributed by atoms with Crippen LogP contribution in [0.1, 0.15) is 89.5 Å². The molecule has 4 N–H and O–H groups in total. The normalized spacial score (nSPS) is 24.8. The van der Waals surface area contributed by atoms with Crippen LogP contribution in [-0.2, 0) is 46.7 Å². The molecule has 6 rings (SSSR count). The Morgan fingerprint density at radius 3 is 2.08 bits per heavy atom. The third kappa shape index (κ3) is 12.7. The second-order valence-electron chi connectivity index (χ2n) is 18.8. The van der Waals surface area contributed by atoms with Gasteiger partial charge in [0.25, 0.3) is 0 Å².